The summed E-state index contributed by atoms with van der Waals surface area (Å²) in [5.74, 6) is 0. The van der Waals surface area contributed by atoms with Crippen LogP contribution in [0.25, 0.3) is 0 Å². The van der Waals surface area contributed by atoms with Crippen molar-refractivity contribution in [2.75, 3.05) is 0 Å². The van der Waals surface area contributed by atoms with Crippen LogP contribution in [0.4, 0.5) is 0 Å². The predicted molar refractivity (Wildman–Crippen MR) is 56.5 cm³/mol. The first-order valence-corrected chi connectivity index (χ1v) is 11.9. The van der Waals surface area contributed by atoms with E-state index in [2.05, 4.69) is 61.0 Å². The van der Waals surface area contributed by atoms with Crippen LogP contribution in [0.1, 0.15) is 0 Å². The van der Waals surface area contributed by atoms with E-state index in [4.69, 9.17) is 0 Å². The Hall–Kier alpha value is 2.55. The molecule has 0 aliphatic heterocycles. The summed E-state index contributed by atoms with van der Waals surface area (Å²) in [7, 11) is 0. The topological polar surface area (TPSA) is 126 Å². The molecule has 0 spiro atoms. The minimum atomic E-state index is 0. The molecule has 0 unspecified atom stereocenters. The van der Waals surface area contributed by atoms with E-state index in [1.807, 2.05) is 0 Å². The number of hydrogen-bond donors (Lipinski definition) is 0. The van der Waals surface area contributed by atoms with Gasteiger partial charge < -0.3 is 21.9 Å². The molecule has 0 fully saturated rings. The van der Waals surface area contributed by atoms with Crippen molar-refractivity contribution in [2.24, 2.45) is 0 Å². The average molecular weight is 508 g/mol. The van der Waals surface area contributed by atoms with Gasteiger partial charge in [0, 0.05) is 0 Å². The second kappa shape index (κ2) is 22.7. The first-order valence-electron chi connectivity index (χ1n) is 0.429. The molecule has 8 N–H and O–H groups in total. The van der Waals surface area contributed by atoms with Gasteiger partial charge in [0.25, 0.3) is 0 Å². The van der Waals surface area contributed by atoms with Crippen molar-refractivity contribution in [3.63, 3.8) is 0 Å². The molecule has 0 radical (unpaired) electrons. The van der Waals surface area contributed by atoms with E-state index >= 15 is 0 Å². The van der Waals surface area contributed by atoms with Crippen molar-refractivity contribution in [3.8, 4) is 0 Å². The fourth-order valence-electron chi connectivity index (χ4n) is 0. The summed E-state index contributed by atoms with van der Waals surface area (Å²) in [6.45, 7) is 0. The Labute approximate surface area is 85.5 Å². The molecule has 0 aliphatic rings. The quantitative estimate of drug-likeness (QED) is 0.305. The van der Waals surface area contributed by atoms with Crippen LogP contribution in [0.3, 0.4) is 0 Å². The molecular formula is H8I3MnO4. The number of rotatable bonds is 0. The van der Waals surface area contributed by atoms with Crippen LogP contribution in [0.2, 0.25) is 0 Å². The van der Waals surface area contributed by atoms with Crippen molar-refractivity contribution in [2.45, 2.75) is 0 Å². The molecule has 0 aromatic heterocycles. The van der Waals surface area contributed by atoms with Gasteiger partial charge in [0.15, 0.2) is 0 Å². The molecule has 0 heterocycles. The van der Waals surface area contributed by atoms with E-state index in [0.717, 1.165) is 0 Å². The first-order chi connectivity index (χ1) is 1.73. The SMILES string of the molecule is O.O.O.O.[I][Mn]([I])[I]. The molecule has 4 nitrogen and oxygen atoms in total. The van der Waals surface area contributed by atoms with Crippen LogP contribution < -0.4 is 0 Å². The maximum absolute atomic E-state index is 2.42. The molecule has 0 amide bonds. The Morgan fingerprint density at radius 2 is 0.625 bits per heavy atom. The van der Waals surface area contributed by atoms with Gasteiger partial charge in [0.1, 0.15) is 0 Å². The third-order valence-electron chi connectivity index (χ3n) is 0. The van der Waals surface area contributed by atoms with E-state index in [1.165, 1.54) is 0 Å². The molecule has 0 saturated heterocycles. The summed E-state index contributed by atoms with van der Waals surface area (Å²) in [4.78, 5) is 0. The van der Waals surface area contributed by atoms with Crippen LogP contribution in [-0.4, -0.2) is 21.9 Å². The Morgan fingerprint density at radius 3 is 0.625 bits per heavy atom. The van der Waals surface area contributed by atoms with Gasteiger partial charge in [-0.15, -0.1) is 0 Å². The van der Waals surface area contributed by atoms with E-state index in [-0.39, 0.29) is 26.1 Å². The van der Waals surface area contributed by atoms with Gasteiger partial charge in [0.05, 0.1) is 0 Å². The van der Waals surface area contributed by atoms with Crippen LogP contribution >= 0.6 is 61.0 Å². The molecule has 0 saturated carbocycles. The van der Waals surface area contributed by atoms with Crippen molar-refractivity contribution in [1.29, 1.82) is 0 Å². The third kappa shape index (κ3) is 75.0. The first kappa shape index (κ1) is 31.2. The van der Waals surface area contributed by atoms with E-state index in [9.17, 15) is 0 Å². The molecule has 8 heavy (non-hydrogen) atoms. The second-order valence-electron chi connectivity index (χ2n) is 0.162. The Bertz CT molecular complexity index is 16.0. The van der Waals surface area contributed by atoms with Gasteiger partial charge in [-0.1, -0.05) is 0 Å². The molecular weight excluding hydrogens is 500 g/mol. The Morgan fingerprint density at radius 1 is 0.625 bits per heavy atom. The molecule has 8 heteroatoms. The van der Waals surface area contributed by atoms with Gasteiger partial charge in [-0.05, 0) is 0 Å². The fourth-order valence-corrected chi connectivity index (χ4v) is 0. The second-order valence-corrected chi connectivity index (χ2v) is 30.1. The van der Waals surface area contributed by atoms with Gasteiger partial charge in [-0.3, -0.25) is 0 Å². The fraction of sp³-hybridized carbons (Fsp3) is 0. The summed E-state index contributed by atoms with van der Waals surface area (Å²) in [6, 6.07) is 0. The summed E-state index contributed by atoms with van der Waals surface area (Å²) in [5, 5.41) is 0. The molecule has 0 rings (SSSR count). The van der Waals surface area contributed by atoms with E-state index < -0.39 is 0 Å². The van der Waals surface area contributed by atoms with Crippen molar-refractivity contribution < 1.29 is 26.1 Å². The molecule has 0 aromatic rings. The third-order valence-corrected chi connectivity index (χ3v) is 0. The normalized spacial score (nSPS) is 5.62. The zero-order valence-electron chi connectivity index (χ0n) is 3.51. The minimum absolute atomic E-state index is 0. The van der Waals surface area contributed by atoms with Gasteiger partial charge in [-0.2, -0.15) is 0 Å². The van der Waals surface area contributed by atoms with E-state index in [0.29, 0.717) is 0 Å². The monoisotopic (exact) mass is 508 g/mol. The summed E-state index contributed by atoms with van der Waals surface area (Å²) in [5.41, 5.74) is 0. The van der Waals surface area contributed by atoms with Gasteiger partial charge >= 0.3 is 65.2 Å². The summed E-state index contributed by atoms with van der Waals surface area (Å²) in [6.07, 6.45) is 0. The standard InChI is InChI=1S/3HI.Mn.4H2O/h3*1H;;4*1H2/q;;;+3;;;;/p-3. The molecule has 0 aliphatic carbocycles. The van der Waals surface area contributed by atoms with Gasteiger partial charge in [-0.25, -0.2) is 0 Å². The molecule has 60 valence electrons. The van der Waals surface area contributed by atoms with Crippen molar-refractivity contribution >= 4 is 61.0 Å². The molecule has 0 bridgehead atoms. The van der Waals surface area contributed by atoms with Crippen LogP contribution in [0.15, 0.2) is 0 Å². The zero-order valence-corrected chi connectivity index (χ0v) is 11.2. The number of halogens is 3. The summed E-state index contributed by atoms with van der Waals surface area (Å²) >= 11 is 7.26. The van der Waals surface area contributed by atoms with E-state index in [1.54, 1.807) is 0 Å². The van der Waals surface area contributed by atoms with Crippen LogP contribution in [-0.2, 0) is 4.15 Å². The Kier molecular flexibility index (Phi) is 88.5. The maximum atomic E-state index is 2.42. The predicted octanol–water partition coefficient (Wildman–Crippen LogP) is -0.644. The van der Waals surface area contributed by atoms with Crippen molar-refractivity contribution in [3.05, 3.63) is 0 Å². The van der Waals surface area contributed by atoms with Crippen LogP contribution in [0, 0.1) is 0 Å². The Balaban J connectivity index is -0.00000000750. The van der Waals surface area contributed by atoms with Crippen LogP contribution in [0.5, 0.6) is 0 Å². The zero-order chi connectivity index (χ0) is 3.58. The van der Waals surface area contributed by atoms with Crippen molar-refractivity contribution in [1.82, 2.24) is 0 Å². The summed E-state index contributed by atoms with van der Waals surface area (Å²) < 4.78 is 0.0142. The number of hydrogen-bond acceptors (Lipinski definition) is 0. The molecule has 0 aromatic carbocycles. The average Bonchev–Trinajstić information content (AvgIpc) is 0.811. The molecule has 0 atom stereocenters. The van der Waals surface area contributed by atoms with Gasteiger partial charge in [0.2, 0.25) is 0 Å².